The van der Waals surface area contributed by atoms with Crippen LogP contribution in [-0.2, 0) is 12.8 Å². The van der Waals surface area contributed by atoms with Gasteiger partial charge in [-0.1, -0.05) is 19.1 Å². The van der Waals surface area contributed by atoms with Crippen molar-refractivity contribution in [3.8, 4) is 0 Å². The average Bonchev–Trinajstić information content (AvgIpc) is 2.47. The Hall–Kier alpha value is -1.41. The molecular weight excluding hydrogens is 232 g/mol. The van der Waals surface area contributed by atoms with Gasteiger partial charge in [-0.3, -0.25) is 4.98 Å². The molecule has 0 aliphatic carbocycles. The van der Waals surface area contributed by atoms with Crippen LogP contribution in [0.1, 0.15) is 30.9 Å². The summed E-state index contributed by atoms with van der Waals surface area (Å²) in [5.74, 6) is 0.848. The van der Waals surface area contributed by atoms with Crippen LogP contribution in [0.4, 0.5) is 0 Å². The summed E-state index contributed by atoms with van der Waals surface area (Å²) in [5.41, 5.74) is 2.82. The van der Waals surface area contributed by atoms with Crippen LogP contribution in [0.5, 0.6) is 0 Å². The summed E-state index contributed by atoms with van der Waals surface area (Å²) in [7, 11) is 0. The van der Waals surface area contributed by atoms with Crippen molar-refractivity contribution in [2.24, 2.45) is 5.92 Å². The Morgan fingerprint density at radius 1 is 1.21 bits per heavy atom. The van der Waals surface area contributed by atoms with E-state index in [-0.39, 0.29) is 0 Å². The molecule has 2 heterocycles. The summed E-state index contributed by atoms with van der Waals surface area (Å²) in [6, 6.07) is 6.93. The minimum atomic E-state index is 0.848. The van der Waals surface area contributed by atoms with Crippen molar-refractivity contribution in [2.45, 2.75) is 32.6 Å². The Kier molecular flexibility index (Phi) is 3.79. The SMILES string of the molecule is CCc1cncc2cc(CC3CCNCC3)ccc12. The van der Waals surface area contributed by atoms with Gasteiger partial charge in [-0.15, -0.1) is 0 Å². The molecule has 1 fully saturated rings. The number of aryl methyl sites for hydroxylation is 1. The predicted molar refractivity (Wildman–Crippen MR) is 80.4 cm³/mol. The molecule has 100 valence electrons. The third-order valence-corrected chi connectivity index (χ3v) is 4.27. The number of rotatable bonds is 3. The topological polar surface area (TPSA) is 24.9 Å². The number of piperidine rings is 1. The summed E-state index contributed by atoms with van der Waals surface area (Å²) < 4.78 is 0. The fourth-order valence-electron chi connectivity index (χ4n) is 3.12. The number of benzene rings is 1. The molecule has 0 unspecified atom stereocenters. The number of nitrogens with zero attached hydrogens (tertiary/aromatic N) is 1. The Balaban J connectivity index is 1.85. The molecule has 0 spiro atoms. The molecule has 1 saturated heterocycles. The second kappa shape index (κ2) is 5.70. The molecule has 0 amide bonds. The molecule has 1 aliphatic rings. The van der Waals surface area contributed by atoms with Crippen LogP contribution in [0.25, 0.3) is 10.8 Å². The summed E-state index contributed by atoms with van der Waals surface area (Å²) in [4.78, 5) is 4.36. The number of nitrogens with one attached hydrogen (secondary N) is 1. The summed E-state index contributed by atoms with van der Waals surface area (Å²) in [5, 5.41) is 6.10. The summed E-state index contributed by atoms with van der Waals surface area (Å²) >= 11 is 0. The van der Waals surface area contributed by atoms with Crippen LogP contribution < -0.4 is 5.32 Å². The van der Waals surface area contributed by atoms with Gasteiger partial charge < -0.3 is 5.32 Å². The van der Waals surface area contributed by atoms with E-state index in [1.807, 2.05) is 12.4 Å². The first-order valence-electron chi connectivity index (χ1n) is 7.43. The van der Waals surface area contributed by atoms with Gasteiger partial charge >= 0.3 is 0 Å². The zero-order chi connectivity index (χ0) is 13.1. The Bertz CT molecular complexity index is 556. The number of aromatic nitrogens is 1. The highest BCUT2D eigenvalue weighted by Crippen LogP contribution is 2.23. The van der Waals surface area contributed by atoms with Gasteiger partial charge in [-0.05, 0) is 67.3 Å². The highest BCUT2D eigenvalue weighted by atomic mass is 14.9. The van der Waals surface area contributed by atoms with Crippen molar-refractivity contribution in [3.63, 3.8) is 0 Å². The first kappa shape index (κ1) is 12.6. The van der Waals surface area contributed by atoms with Crippen LogP contribution in [0.15, 0.2) is 30.6 Å². The van der Waals surface area contributed by atoms with Gasteiger partial charge in [-0.25, -0.2) is 0 Å². The van der Waals surface area contributed by atoms with E-state index >= 15 is 0 Å². The second-order valence-corrected chi connectivity index (χ2v) is 5.61. The smallest absolute Gasteiger partial charge is 0.0346 e. The van der Waals surface area contributed by atoms with Crippen molar-refractivity contribution < 1.29 is 0 Å². The van der Waals surface area contributed by atoms with Crippen LogP contribution >= 0.6 is 0 Å². The van der Waals surface area contributed by atoms with E-state index in [1.165, 1.54) is 54.3 Å². The number of fused-ring (bicyclic) bond motifs is 1. The zero-order valence-corrected chi connectivity index (χ0v) is 11.7. The van der Waals surface area contributed by atoms with Gasteiger partial charge in [0.15, 0.2) is 0 Å². The normalized spacial score (nSPS) is 16.9. The largest absolute Gasteiger partial charge is 0.317 e. The first-order chi connectivity index (χ1) is 9.36. The second-order valence-electron chi connectivity index (χ2n) is 5.61. The molecule has 19 heavy (non-hydrogen) atoms. The van der Waals surface area contributed by atoms with Crippen LogP contribution in [0.2, 0.25) is 0 Å². The van der Waals surface area contributed by atoms with Crippen molar-refractivity contribution in [1.82, 2.24) is 10.3 Å². The number of hydrogen-bond donors (Lipinski definition) is 1. The summed E-state index contributed by atoms with van der Waals surface area (Å²) in [6.45, 7) is 4.55. The Labute approximate surface area is 115 Å². The van der Waals surface area contributed by atoms with Crippen molar-refractivity contribution in [3.05, 3.63) is 41.7 Å². The third-order valence-electron chi connectivity index (χ3n) is 4.27. The maximum atomic E-state index is 4.36. The molecule has 0 bridgehead atoms. The van der Waals surface area contributed by atoms with E-state index in [0.29, 0.717) is 0 Å². The van der Waals surface area contributed by atoms with E-state index in [4.69, 9.17) is 0 Å². The van der Waals surface area contributed by atoms with Gasteiger partial charge in [0, 0.05) is 17.8 Å². The maximum Gasteiger partial charge on any atom is 0.0346 e. The van der Waals surface area contributed by atoms with Gasteiger partial charge in [-0.2, -0.15) is 0 Å². The first-order valence-corrected chi connectivity index (χ1v) is 7.43. The zero-order valence-electron chi connectivity index (χ0n) is 11.7. The van der Waals surface area contributed by atoms with Crippen molar-refractivity contribution in [2.75, 3.05) is 13.1 Å². The van der Waals surface area contributed by atoms with Gasteiger partial charge in [0.25, 0.3) is 0 Å². The van der Waals surface area contributed by atoms with Crippen molar-refractivity contribution >= 4 is 10.8 Å². The Morgan fingerprint density at radius 3 is 2.84 bits per heavy atom. The molecule has 2 nitrogen and oxygen atoms in total. The van der Waals surface area contributed by atoms with Crippen LogP contribution in [0.3, 0.4) is 0 Å². The lowest BCUT2D eigenvalue weighted by molar-refractivity contribution is 0.373. The maximum absolute atomic E-state index is 4.36. The minimum absolute atomic E-state index is 0.848. The molecule has 0 saturated carbocycles. The van der Waals surface area contributed by atoms with Crippen LogP contribution in [0, 0.1) is 5.92 Å². The highest BCUT2D eigenvalue weighted by molar-refractivity contribution is 5.85. The lowest BCUT2D eigenvalue weighted by Crippen LogP contribution is -2.28. The number of hydrogen-bond acceptors (Lipinski definition) is 2. The fourth-order valence-corrected chi connectivity index (χ4v) is 3.12. The van der Waals surface area contributed by atoms with E-state index in [2.05, 4.69) is 35.4 Å². The van der Waals surface area contributed by atoms with Crippen LogP contribution in [-0.4, -0.2) is 18.1 Å². The molecule has 1 aromatic heterocycles. The summed E-state index contributed by atoms with van der Waals surface area (Å²) in [6.07, 6.45) is 8.89. The van der Waals surface area contributed by atoms with Gasteiger partial charge in [0.2, 0.25) is 0 Å². The molecule has 0 radical (unpaired) electrons. The molecule has 1 aromatic carbocycles. The molecule has 2 heteroatoms. The Morgan fingerprint density at radius 2 is 2.05 bits per heavy atom. The molecule has 1 aliphatic heterocycles. The minimum Gasteiger partial charge on any atom is -0.317 e. The lowest BCUT2D eigenvalue weighted by atomic mass is 9.90. The third kappa shape index (κ3) is 2.79. The van der Waals surface area contributed by atoms with Gasteiger partial charge in [0.1, 0.15) is 0 Å². The lowest BCUT2D eigenvalue weighted by Gasteiger charge is -2.22. The molecule has 0 atom stereocenters. The molecule has 3 rings (SSSR count). The molecule has 1 N–H and O–H groups in total. The average molecular weight is 254 g/mol. The van der Waals surface area contributed by atoms with E-state index in [1.54, 1.807) is 0 Å². The van der Waals surface area contributed by atoms with Crippen molar-refractivity contribution in [1.29, 1.82) is 0 Å². The standard InChI is InChI=1S/C17H22N2/c1-2-15-11-19-12-16-10-14(3-4-17(15)16)9-13-5-7-18-8-6-13/h3-4,10-13,18H,2,5-9H2,1H3. The quantitative estimate of drug-likeness (QED) is 0.908. The number of pyridine rings is 1. The fraction of sp³-hybridized carbons (Fsp3) is 0.471. The van der Waals surface area contributed by atoms with E-state index in [0.717, 1.165) is 12.3 Å². The molecular formula is C17H22N2. The monoisotopic (exact) mass is 254 g/mol. The predicted octanol–water partition coefficient (Wildman–Crippen LogP) is 3.34. The van der Waals surface area contributed by atoms with E-state index in [9.17, 15) is 0 Å². The highest BCUT2D eigenvalue weighted by Gasteiger charge is 2.13. The van der Waals surface area contributed by atoms with E-state index < -0.39 is 0 Å². The van der Waals surface area contributed by atoms with Gasteiger partial charge in [0.05, 0.1) is 0 Å². The molecule has 2 aromatic rings.